The van der Waals surface area contributed by atoms with E-state index < -0.39 is 35.7 Å². The fourth-order valence-electron chi connectivity index (χ4n) is 2.81. The maximum Gasteiger partial charge on any atom is 0.172 e. The van der Waals surface area contributed by atoms with Crippen LogP contribution in [0.1, 0.15) is 6.92 Å². The minimum atomic E-state index is -1.33. The van der Waals surface area contributed by atoms with Crippen LogP contribution in [0.4, 0.5) is 0 Å². The third-order valence-electron chi connectivity index (χ3n) is 4.17. The first-order chi connectivity index (χ1) is 10.5. The van der Waals surface area contributed by atoms with Gasteiger partial charge < -0.3 is 24.4 Å². The lowest BCUT2D eigenvalue weighted by Gasteiger charge is -2.58. The van der Waals surface area contributed by atoms with Gasteiger partial charge in [-0.1, -0.05) is 11.8 Å². The molecule has 0 aromatic rings. The first kappa shape index (κ1) is 16.8. The van der Waals surface area contributed by atoms with Crippen molar-refractivity contribution in [3.05, 3.63) is 0 Å². The predicted octanol–water partition coefficient (Wildman–Crippen LogP) is -0.695. The zero-order valence-corrected chi connectivity index (χ0v) is 12.4. The van der Waals surface area contributed by atoms with Gasteiger partial charge in [-0.25, -0.2) is 0 Å². The highest BCUT2D eigenvalue weighted by molar-refractivity contribution is 5.41. The van der Waals surface area contributed by atoms with Crippen molar-refractivity contribution >= 4 is 0 Å². The smallest absolute Gasteiger partial charge is 0.172 e. The van der Waals surface area contributed by atoms with Crippen molar-refractivity contribution in [1.29, 1.82) is 5.26 Å². The number of nitrogens with zero attached hydrogens (tertiary/aromatic N) is 1. The lowest BCUT2D eigenvalue weighted by molar-refractivity contribution is -0.242. The van der Waals surface area contributed by atoms with E-state index in [0.717, 1.165) is 0 Å². The molecule has 118 valence electrons. The zero-order valence-electron chi connectivity index (χ0n) is 12.4. The number of hydrogen-bond donors (Lipinski definition) is 2. The molecule has 2 fully saturated rings. The molecule has 1 aliphatic heterocycles. The summed E-state index contributed by atoms with van der Waals surface area (Å²) in [7, 11) is 0. The van der Waals surface area contributed by atoms with Gasteiger partial charge in [-0.15, -0.1) is 12.8 Å². The predicted molar refractivity (Wildman–Crippen MR) is 76.1 cm³/mol. The van der Waals surface area contributed by atoms with Crippen molar-refractivity contribution in [2.45, 2.75) is 31.3 Å². The SMILES string of the molecule is C#CC1(C)C(OCC(O)CO)C(C#C)(C#N)C1OCC1CO1. The Morgan fingerprint density at radius 2 is 2.00 bits per heavy atom. The number of terminal acetylenes is 2. The summed E-state index contributed by atoms with van der Waals surface area (Å²) in [6, 6.07) is 2.07. The first-order valence-electron chi connectivity index (χ1n) is 6.99. The van der Waals surface area contributed by atoms with Crippen molar-refractivity contribution in [3.8, 4) is 30.8 Å². The fraction of sp³-hybridized carbons (Fsp3) is 0.688. The number of rotatable bonds is 7. The van der Waals surface area contributed by atoms with E-state index in [2.05, 4.69) is 17.9 Å². The van der Waals surface area contributed by atoms with Gasteiger partial charge in [0.15, 0.2) is 5.41 Å². The summed E-state index contributed by atoms with van der Waals surface area (Å²) in [4.78, 5) is 0. The van der Waals surface area contributed by atoms with Gasteiger partial charge in [0.1, 0.15) is 24.4 Å². The molecule has 6 nitrogen and oxygen atoms in total. The second kappa shape index (κ2) is 6.26. The molecule has 2 N–H and O–H groups in total. The van der Waals surface area contributed by atoms with Gasteiger partial charge in [0.25, 0.3) is 0 Å². The molecule has 0 aromatic heterocycles. The Bertz CT molecular complexity index is 524. The highest BCUT2D eigenvalue weighted by atomic mass is 16.6. The Morgan fingerprint density at radius 1 is 1.36 bits per heavy atom. The first-order valence-corrected chi connectivity index (χ1v) is 6.99. The highest BCUT2D eigenvalue weighted by Gasteiger charge is 2.71. The second-order valence-corrected chi connectivity index (χ2v) is 5.77. The Balaban J connectivity index is 2.17. The highest BCUT2D eigenvalue weighted by Crippen LogP contribution is 2.57. The van der Waals surface area contributed by atoms with Crippen molar-refractivity contribution in [3.63, 3.8) is 0 Å². The largest absolute Gasteiger partial charge is 0.394 e. The number of ether oxygens (including phenoxy) is 3. The van der Waals surface area contributed by atoms with Crippen LogP contribution in [0.3, 0.4) is 0 Å². The van der Waals surface area contributed by atoms with E-state index >= 15 is 0 Å². The molecule has 2 rings (SSSR count). The van der Waals surface area contributed by atoms with E-state index in [9.17, 15) is 10.4 Å². The molecule has 0 bridgehead atoms. The molecule has 22 heavy (non-hydrogen) atoms. The maximum atomic E-state index is 9.54. The van der Waals surface area contributed by atoms with Gasteiger partial charge in [-0.2, -0.15) is 5.26 Å². The Kier molecular flexibility index (Phi) is 4.78. The standard InChI is InChI=1S/C16H19NO5/c1-4-15(3)13(21-7-11(19)6-18)16(5-2,10-17)14(15)22-9-12-8-20-12/h1-2,11-14,18-19H,6-9H2,3H3. The van der Waals surface area contributed by atoms with Crippen LogP contribution in [-0.4, -0.2) is 61.1 Å². The van der Waals surface area contributed by atoms with Gasteiger partial charge in [0, 0.05) is 0 Å². The number of aliphatic hydroxyl groups is 2. The third-order valence-corrected chi connectivity index (χ3v) is 4.17. The van der Waals surface area contributed by atoms with Crippen molar-refractivity contribution < 1.29 is 24.4 Å². The van der Waals surface area contributed by atoms with Gasteiger partial charge in [0.05, 0.1) is 37.9 Å². The minimum absolute atomic E-state index is 0.0207. The van der Waals surface area contributed by atoms with Crippen LogP contribution in [0.5, 0.6) is 0 Å². The Labute approximate surface area is 130 Å². The van der Waals surface area contributed by atoms with Gasteiger partial charge in [-0.05, 0) is 6.92 Å². The molecule has 0 aromatic carbocycles. The zero-order chi connectivity index (χ0) is 16.4. The number of aliphatic hydroxyl groups excluding tert-OH is 2. The molecule has 2 aliphatic rings. The molecule has 1 saturated heterocycles. The molecular formula is C16H19NO5. The molecule has 6 heteroatoms. The van der Waals surface area contributed by atoms with Crippen molar-refractivity contribution in [1.82, 2.24) is 0 Å². The van der Waals surface area contributed by atoms with Crippen LogP contribution in [0, 0.1) is 46.8 Å². The third kappa shape index (κ3) is 2.59. The topological polar surface area (TPSA) is 95.2 Å². The molecule has 1 saturated carbocycles. The van der Waals surface area contributed by atoms with Crippen molar-refractivity contribution in [2.24, 2.45) is 10.8 Å². The van der Waals surface area contributed by atoms with E-state index in [0.29, 0.717) is 13.2 Å². The van der Waals surface area contributed by atoms with E-state index in [4.69, 9.17) is 32.2 Å². The van der Waals surface area contributed by atoms with Crippen molar-refractivity contribution in [2.75, 3.05) is 26.4 Å². The quantitative estimate of drug-likeness (QED) is 0.477. The second-order valence-electron chi connectivity index (χ2n) is 5.77. The molecule has 0 spiro atoms. The molecule has 1 aliphatic carbocycles. The van der Waals surface area contributed by atoms with Crippen LogP contribution in [0.15, 0.2) is 0 Å². The number of nitriles is 1. The number of epoxide rings is 1. The Hall–Kier alpha value is -1.59. The molecule has 0 radical (unpaired) electrons. The van der Waals surface area contributed by atoms with Crippen LogP contribution >= 0.6 is 0 Å². The Morgan fingerprint density at radius 3 is 2.45 bits per heavy atom. The van der Waals surface area contributed by atoms with Gasteiger partial charge >= 0.3 is 0 Å². The van der Waals surface area contributed by atoms with Gasteiger partial charge in [0.2, 0.25) is 0 Å². The average molecular weight is 305 g/mol. The maximum absolute atomic E-state index is 9.54. The summed E-state index contributed by atoms with van der Waals surface area (Å²) in [5.74, 6) is 5.05. The van der Waals surface area contributed by atoms with E-state index in [1.54, 1.807) is 6.92 Å². The molecule has 6 unspecified atom stereocenters. The van der Waals surface area contributed by atoms with Gasteiger partial charge in [-0.3, -0.25) is 0 Å². The normalized spacial score (nSPS) is 40.6. The molecule has 1 heterocycles. The lowest BCUT2D eigenvalue weighted by Crippen LogP contribution is -2.71. The summed E-state index contributed by atoms with van der Waals surface area (Å²) in [5.41, 5.74) is -2.22. The monoisotopic (exact) mass is 305 g/mol. The van der Waals surface area contributed by atoms with Crippen LogP contribution in [0.2, 0.25) is 0 Å². The molecular weight excluding hydrogens is 286 g/mol. The fourth-order valence-corrected chi connectivity index (χ4v) is 2.81. The summed E-state index contributed by atoms with van der Waals surface area (Å²) in [5, 5.41) is 27.8. The number of hydrogen-bond acceptors (Lipinski definition) is 6. The molecule has 0 amide bonds. The lowest BCUT2D eigenvalue weighted by atomic mass is 9.49. The average Bonchev–Trinajstić information content (AvgIpc) is 3.35. The summed E-state index contributed by atoms with van der Waals surface area (Å²) in [6.45, 7) is 2.06. The summed E-state index contributed by atoms with van der Waals surface area (Å²) >= 11 is 0. The van der Waals surface area contributed by atoms with E-state index in [1.807, 2.05) is 0 Å². The molecule has 6 atom stereocenters. The van der Waals surface area contributed by atoms with Crippen LogP contribution < -0.4 is 0 Å². The summed E-state index contributed by atoms with van der Waals surface area (Å²) in [6.07, 6.45) is 8.66. The van der Waals surface area contributed by atoms with E-state index in [1.165, 1.54) is 0 Å². The van der Waals surface area contributed by atoms with E-state index in [-0.39, 0.29) is 12.7 Å². The van der Waals surface area contributed by atoms with Crippen LogP contribution in [-0.2, 0) is 14.2 Å². The van der Waals surface area contributed by atoms with Crippen LogP contribution in [0.25, 0.3) is 0 Å². The minimum Gasteiger partial charge on any atom is -0.394 e. The summed E-state index contributed by atoms with van der Waals surface area (Å²) < 4.78 is 16.4.